The maximum atomic E-state index is 14.3. The second kappa shape index (κ2) is 9.95. The van der Waals surface area contributed by atoms with Gasteiger partial charge in [0.15, 0.2) is 5.82 Å². The Morgan fingerprint density at radius 2 is 2.00 bits per heavy atom. The van der Waals surface area contributed by atoms with Gasteiger partial charge >= 0.3 is 5.97 Å². The highest BCUT2D eigenvalue weighted by Gasteiger charge is 2.49. The summed E-state index contributed by atoms with van der Waals surface area (Å²) in [5.41, 5.74) is -0.0732. The summed E-state index contributed by atoms with van der Waals surface area (Å²) in [5.74, 6) is 1.20. The minimum Gasteiger partial charge on any atom is -0.481 e. The standard InChI is InChI=1S/C26H32Cl2FN5O2/c1-15(20-6-5-18(27)8-22(20)29)31-23-21(28)11-30-25(32-23)34-13-17(14-34)16-4-3-7-33(12-16)19-9-26(2,10-19)24(35)36/h5-6,8,11,15-17,19H,3-4,7,9-10,12-14H2,1-2H3,(H,35,36)(H,30,31,32)/t15?,16-,19-,26-/m0/s1. The van der Waals surface area contributed by atoms with Gasteiger partial charge in [-0.05, 0) is 70.0 Å². The highest BCUT2D eigenvalue weighted by molar-refractivity contribution is 6.32. The van der Waals surface area contributed by atoms with E-state index in [-0.39, 0.29) is 11.9 Å². The van der Waals surface area contributed by atoms with Gasteiger partial charge in [0.1, 0.15) is 10.8 Å². The Morgan fingerprint density at radius 1 is 1.25 bits per heavy atom. The highest BCUT2D eigenvalue weighted by Crippen LogP contribution is 2.45. The molecule has 10 heteroatoms. The molecule has 7 nitrogen and oxygen atoms in total. The number of likely N-dealkylation sites (tertiary alicyclic amines) is 1. The van der Waals surface area contributed by atoms with E-state index in [2.05, 4.69) is 25.1 Å². The topological polar surface area (TPSA) is 81.6 Å². The van der Waals surface area contributed by atoms with E-state index in [0.717, 1.165) is 45.4 Å². The van der Waals surface area contributed by atoms with Crippen molar-refractivity contribution in [3.05, 3.63) is 45.8 Å². The molecule has 36 heavy (non-hydrogen) atoms. The number of nitrogens with zero attached hydrogens (tertiary/aromatic N) is 4. The summed E-state index contributed by atoms with van der Waals surface area (Å²) in [5, 5.41) is 13.4. The molecule has 3 fully saturated rings. The minimum atomic E-state index is -0.675. The molecule has 0 radical (unpaired) electrons. The lowest BCUT2D eigenvalue weighted by molar-refractivity contribution is -0.158. The van der Waals surface area contributed by atoms with E-state index < -0.39 is 11.4 Å². The molecule has 1 aromatic carbocycles. The maximum Gasteiger partial charge on any atom is 0.309 e. The van der Waals surface area contributed by atoms with Gasteiger partial charge in [-0.25, -0.2) is 9.37 Å². The van der Waals surface area contributed by atoms with Crippen LogP contribution in [0.25, 0.3) is 0 Å². The van der Waals surface area contributed by atoms with Crippen LogP contribution in [-0.2, 0) is 4.79 Å². The smallest absolute Gasteiger partial charge is 0.309 e. The van der Waals surface area contributed by atoms with Crippen LogP contribution in [0.15, 0.2) is 24.4 Å². The van der Waals surface area contributed by atoms with E-state index in [1.807, 2.05) is 13.8 Å². The average molecular weight is 536 g/mol. The summed E-state index contributed by atoms with van der Waals surface area (Å²) in [7, 11) is 0. The molecule has 3 aliphatic rings. The first-order valence-corrected chi connectivity index (χ1v) is 13.3. The van der Waals surface area contributed by atoms with Crippen molar-refractivity contribution in [2.24, 2.45) is 17.3 Å². The Hall–Kier alpha value is -2.16. The first-order valence-electron chi connectivity index (χ1n) is 12.6. The van der Waals surface area contributed by atoms with Crippen molar-refractivity contribution in [1.29, 1.82) is 0 Å². The van der Waals surface area contributed by atoms with Crippen molar-refractivity contribution in [2.75, 3.05) is 36.4 Å². The zero-order chi connectivity index (χ0) is 25.6. The third kappa shape index (κ3) is 5.00. The number of hydrogen-bond acceptors (Lipinski definition) is 6. The van der Waals surface area contributed by atoms with Gasteiger partial charge in [0, 0.05) is 36.3 Å². The predicted octanol–water partition coefficient (Wildman–Crippen LogP) is 5.50. The van der Waals surface area contributed by atoms with E-state index in [0.29, 0.717) is 45.3 Å². The Kier molecular flexibility index (Phi) is 7.05. The Bertz CT molecular complexity index is 1140. The Morgan fingerprint density at radius 3 is 2.69 bits per heavy atom. The zero-order valence-corrected chi connectivity index (χ0v) is 22.1. The van der Waals surface area contributed by atoms with Gasteiger partial charge in [-0.15, -0.1) is 0 Å². The van der Waals surface area contributed by atoms with Crippen molar-refractivity contribution < 1.29 is 14.3 Å². The van der Waals surface area contributed by atoms with Crippen LogP contribution in [0, 0.1) is 23.1 Å². The number of carbonyl (C=O) groups is 1. The van der Waals surface area contributed by atoms with E-state index in [9.17, 15) is 14.3 Å². The molecular formula is C26H32Cl2FN5O2. The van der Waals surface area contributed by atoms with Crippen LogP contribution in [0.2, 0.25) is 10.0 Å². The molecule has 2 atom stereocenters. The number of carboxylic acid groups (broad SMARTS) is 1. The molecule has 2 N–H and O–H groups in total. The Labute approximate surface area is 221 Å². The molecule has 1 saturated carbocycles. The predicted molar refractivity (Wildman–Crippen MR) is 139 cm³/mol. The summed E-state index contributed by atoms with van der Waals surface area (Å²) in [4.78, 5) is 25.2. The number of benzene rings is 1. The lowest BCUT2D eigenvalue weighted by Gasteiger charge is -2.52. The van der Waals surface area contributed by atoms with Crippen LogP contribution >= 0.6 is 23.2 Å². The van der Waals surface area contributed by atoms with Crippen LogP contribution in [0.3, 0.4) is 0 Å². The second-order valence-corrected chi connectivity index (χ2v) is 11.7. The largest absolute Gasteiger partial charge is 0.481 e. The summed E-state index contributed by atoms with van der Waals surface area (Å²) in [6.45, 7) is 7.59. The minimum absolute atomic E-state index is 0.352. The molecule has 0 amide bonds. The first-order chi connectivity index (χ1) is 17.1. The highest BCUT2D eigenvalue weighted by atomic mass is 35.5. The van der Waals surface area contributed by atoms with Gasteiger partial charge in [-0.3, -0.25) is 4.79 Å². The number of anilines is 2. The van der Waals surface area contributed by atoms with Gasteiger partial charge in [-0.2, -0.15) is 4.98 Å². The lowest BCUT2D eigenvalue weighted by Crippen LogP contribution is -2.58. The fourth-order valence-corrected chi connectivity index (χ4v) is 6.20. The van der Waals surface area contributed by atoms with Crippen molar-refractivity contribution in [1.82, 2.24) is 14.9 Å². The third-order valence-electron chi connectivity index (χ3n) is 8.27. The van der Waals surface area contributed by atoms with Crippen molar-refractivity contribution >= 4 is 40.9 Å². The SMILES string of the molecule is CC(Nc1nc(N2CC([C@H]3CCCN([C@H]4C[C@](C)(C(=O)O)C4)C3)C2)ncc1Cl)c1ccc(Cl)cc1F. The average Bonchev–Trinajstić information content (AvgIpc) is 2.78. The van der Waals surface area contributed by atoms with Crippen molar-refractivity contribution in [2.45, 2.75) is 51.6 Å². The second-order valence-electron chi connectivity index (χ2n) is 10.9. The van der Waals surface area contributed by atoms with Crippen molar-refractivity contribution in [3.63, 3.8) is 0 Å². The number of piperidine rings is 1. The molecule has 5 rings (SSSR count). The molecule has 1 aliphatic carbocycles. The monoisotopic (exact) mass is 535 g/mol. The van der Waals surface area contributed by atoms with E-state index >= 15 is 0 Å². The lowest BCUT2D eigenvalue weighted by atomic mass is 9.65. The van der Waals surface area contributed by atoms with Crippen LogP contribution < -0.4 is 10.2 Å². The fraction of sp³-hybridized carbons (Fsp3) is 0.577. The van der Waals surface area contributed by atoms with Gasteiger partial charge in [-0.1, -0.05) is 29.3 Å². The van der Waals surface area contributed by atoms with E-state index in [1.54, 1.807) is 18.3 Å². The van der Waals surface area contributed by atoms with Crippen LogP contribution in [0.5, 0.6) is 0 Å². The molecule has 2 aliphatic heterocycles. The number of hydrogen-bond donors (Lipinski definition) is 2. The molecule has 194 valence electrons. The third-order valence-corrected chi connectivity index (χ3v) is 8.78. The van der Waals surface area contributed by atoms with Crippen LogP contribution in [0.4, 0.5) is 16.2 Å². The molecule has 2 aromatic rings. The van der Waals surface area contributed by atoms with Crippen molar-refractivity contribution in [3.8, 4) is 0 Å². The first kappa shape index (κ1) is 25.5. The van der Waals surface area contributed by atoms with Gasteiger partial charge in [0.25, 0.3) is 0 Å². The summed E-state index contributed by atoms with van der Waals surface area (Å²) < 4.78 is 14.3. The summed E-state index contributed by atoms with van der Waals surface area (Å²) in [6, 6.07) is 4.66. The van der Waals surface area contributed by atoms with Crippen LogP contribution in [0.1, 0.15) is 51.1 Å². The number of nitrogens with one attached hydrogen (secondary N) is 1. The molecule has 1 aromatic heterocycles. The summed E-state index contributed by atoms with van der Waals surface area (Å²) >= 11 is 12.2. The Balaban J connectivity index is 1.17. The van der Waals surface area contributed by atoms with E-state index in [4.69, 9.17) is 23.2 Å². The van der Waals surface area contributed by atoms with Gasteiger partial charge < -0.3 is 20.2 Å². The quantitative estimate of drug-likeness (QED) is 0.484. The van der Waals surface area contributed by atoms with Crippen LogP contribution in [-0.4, -0.2) is 58.2 Å². The number of aromatic nitrogens is 2. The summed E-state index contributed by atoms with van der Waals surface area (Å²) in [6.07, 6.45) is 5.45. The zero-order valence-electron chi connectivity index (χ0n) is 20.6. The van der Waals surface area contributed by atoms with Gasteiger partial charge in [0.05, 0.1) is 17.7 Å². The number of halogens is 3. The molecule has 0 spiro atoms. The van der Waals surface area contributed by atoms with Gasteiger partial charge in [0.2, 0.25) is 5.95 Å². The molecule has 0 bridgehead atoms. The molecule has 1 unspecified atom stereocenters. The normalized spacial score (nSPS) is 27.8. The molecule has 3 heterocycles. The number of aliphatic carboxylic acids is 1. The molecule has 2 saturated heterocycles. The van der Waals surface area contributed by atoms with E-state index in [1.165, 1.54) is 12.5 Å². The molecular weight excluding hydrogens is 504 g/mol. The maximum absolute atomic E-state index is 14.3. The fourth-order valence-electron chi connectivity index (χ4n) is 5.89. The number of carboxylic acids is 1. The number of rotatable bonds is 7.